The topological polar surface area (TPSA) is 69.3 Å². The van der Waals surface area contributed by atoms with Crippen LogP contribution in [0.5, 0.6) is 5.75 Å². The van der Waals surface area contributed by atoms with Crippen molar-refractivity contribution >= 4 is 22.4 Å². The summed E-state index contributed by atoms with van der Waals surface area (Å²) in [6, 6.07) is 24.0. The number of amides is 1. The number of hydrogen-bond acceptors (Lipinski definition) is 4. The largest absolute Gasteiger partial charge is 0.485 e. The third-order valence-corrected chi connectivity index (χ3v) is 5.70. The lowest BCUT2D eigenvalue weighted by atomic mass is 10.0. The number of ether oxygens (including phenoxy) is 1. The second-order valence-corrected chi connectivity index (χ2v) is 8.34. The number of hydrogen-bond donors (Lipinski definition) is 1. The fourth-order valence-electron chi connectivity index (χ4n) is 3.90. The van der Waals surface area contributed by atoms with Crippen LogP contribution in [0.3, 0.4) is 0 Å². The van der Waals surface area contributed by atoms with Crippen molar-refractivity contribution in [2.24, 2.45) is 0 Å². The molecule has 0 bridgehead atoms. The molecule has 6 heteroatoms. The summed E-state index contributed by atoms with van der Waals surface area (Å²) in [5.74, 6) is 1.28. The van der Waals surface area contributed by atoms with Gasteiger partial charge in [-0.25, -0.2) is 0 Å². The Morgan fingerprint density at radius 1 is 1.03 bits per heavy atom. The van der Waals surface area contributed by atoms with Gasteiger partial charge < -0.3 is 14.5 Å². The van der Waals surface area contributed by atoms with Crippen molar-refractivity contribution in [2.75, 3.05) is 5.32 Å². The molecular formula is C28H25N3O3. The summed E-state index contributed by atoms with van der Waals surface area (Å²) in [7, 11) is 0. The van der Waals surface area contributed by atoms with Crippen LogP contribution in [-0.2, 0) is 13.2 Å². The summed E-state index contributed by atoms with van der Waals surface area (Å²) in [6.07, 6.45) is 3.45. The third kappa shape index (κ3) is 4.71. The van der Waals surface area contributed by atoms with E-state index in [9.17, 15) is 4.79 Å². The van der Waals surface area contributed by atoms with Gasteiger partial charge in [-0.2, -0.15) is 5.10 Å². The first-order chi connectivity index (χ1) is 16.5. The van der Waals surface area contributed by atoms with Gasteiger partial charge in [-0.15, -0.1) is 0 Å². The highest BCUT2D eigenvalue weighted by atomic mass is 16.5. The SMILES string of the molecule is Cc1ccc(C)c(OCc2ccc(C(=O)Nc3cnn(Cc4cccc5ccccc45)c3)o2)c1. The summed E-state index contributed by atoms with van der Waals surface area (Å²) >= 11 is 0. The molecule has 0 atom stereocenters. The minimum Gasteiger partial charge on any atom is -0.485 e. The Labute approximate surface area is 197 Å². The molecular weight excluding hydrogens is 426 g/mol. The summed E-state index contributed by atoms with van der Waals surface area (Å²) in [5, 5.41) is 9.63. The van der Waals surface area contributed by atoms with Crippen molar-refractivity contribution in [3.63, 3.8) is 0 Å². The van der Waals surface area contributed by atoms with Crippen molar-refractivity contribution in [2.45, 2.75) is 27.0 Å². The van der Waals surface area contributed by atoms with Crippen LogP contribution >= 0.6 is 0 Å². The molecule has 0 aliphatic rings. The van der Waals surface area contributed by atoms with Crippen LogP contribution in [0.1, 0.15) is 33.0 Å². The van der Waals surface area contributed by atoms with Gasteiger partial charge in [-0.1, -0.05) is 54.6 Å². The lowest BCUT2D eigenvalue weighted by molar-refractivity contribution is 0.0992. The van der Waals surface area contributed by atoms with E-state index < -0.39 is 0 Å². The molecule has 1 amide bonds. The van der Waals surface area contributed by atoms with E-state index in [4.69, 9.17) is 9.15 Å². The van der Waals surface area contributed by atoms with Crippen LogP contribution in [0, 0.1) is 13.8 Å². The molecule has 3 aromatic carbocycles. The van der Waals surface area contributed by atoms with E-state index in [1.54, 1.807) is 18.3 Å². The molecule has 0 aliphatic carbocycles. The van der Waals surface area contributed by atoms with E-state index in [-0.39, 0.29) is 18.3 Å². The molecule has 2 heterocycles. The maximum Gasteiger partial charge on any atom is 0.291 e. The van der Waals surface area contributed by atoms with Gasteiger partial charge in [0.15, 0.2) is 5.76 Å². The van der Waals surface area contributed by atoms with E-state index in [1.165, 1.54) is 16.3 Å². The van der Waals surface area contributed by atoms with Gasteiger partial charge in [0, 0.05) is 6.20 Å². The Morgan fingerprint density at radius 3 is 2.79 bits per heavy atom. The van der Waals surface area contributed by atoms with Gasteiger partial charge >= 0.3 is 0 Å². The molecule has 6 nitrogen and oxygen atoms in total. The first kappa shape index (κ1) is 21.5. The number of benzene rings is 3. The summed E-state index contributed by atoms with van der Waals surface area (Å²) in [6.45, 7) is 4.88. The predicted octanol–water partition coefficient (Wildman–Crippen LogP) is 6.13. The second kappa shape index (κ2) is 9.27. The van der Waals surface area contributed by atoms with E-state index in [2.05, 4.69) is 34.7 Å². The molecule has 5 rings (SSSR count). The number of aryl methyl sites for hydroxylation is 2. The Bertz CT molecular complexity index is 1460. The molecule has 0 saturated heterocycles. The molecule has 2 aromatic heterocycles. The lowest BCUT2D eigenvalue weighted by Crippen LogP contribution is -2.10. The van der Waals surface area contributed by atoms with Gasteiger partial charge in [0.05, 0.1) is 18.4 Å². The van der Waals surface area contributed by atoms with Crippen LogP contribution in [0.25, 0.3) is 10.8 Å². The molecule has 0 radical (unpaired) electrons. The maximum absolute atomic E-state index is 12.7. The molecule has 170 valence electrons. The highest BCUT2D eigenvalue weighted by Crippen LogP contribution is 2.22. The van der Waals surface area contributed by atoms with E-state index in [1.807, 2.05) is 61.1 Å². The Hall–Kier alpha value is -4.32. The minimum atomic E-state index is -0.331. The van der Waals surface area contributed by atoms with E-state index in [0.717, 1.165) is 16.9 Å². The van der Waals surface area contributed by atoms with Crippen molar-refractivity contribution in [3.8, 4) is 5.75 Å². The first-order valence-corrected chi connectivity index (χ1v) is 11.1. The molecule has 0 saturated carbocycles. The van der Waals surface area contributed by atoms with Crippen molar-refractivity contribution in [1.82, 2.24) is 9.78 Å². The number of rotatable bonds is 7. The van der Waals surface area contributed by atoms with Crippen LogP contribution in [0.4, 0.5) is 5.69 Å². The fourth-order valence-corrected chi connectivity index (χ4v) is 3.90. The number of fused-ring (bicyclic) bond motifs is 1. The molecule has 0 spiro atoms. The van der Waals surface area contributed by atoms with Crippen LogP contribution in [-0.4, -0.2) is 15.7 Å². The standard InChI is InChI=1S/C28H25N3O3/c1-19-10-11-20(2)27(14-19)33-18-24-12-13-26(34-24)28(32)30-23-15-29-31(17-23)16-22-8-5-7-21-6-3-4-9-25(21)22/h3-15,17H,16,18H2,1-2H3,(H,30,32). The Morgan fingerprint density at radius 2 is 1.88 bits per heavy atom. The average Bonchev–Trinajstić information content (AvgIpc) is 3.49. The molecule has 0 fully saturated rings. The number of anilines is 1. The first-order valence-electron chi connectivity index (χ1n) is 11.1. The van der Waals surface area contributed by atoms with Crippen molar-refractivity contribution in [1.29, 1.82) is 0 Å². The molecule has 1 N–H and O–H groups in total. The third-order valence-electron chi connectivity index (χ3n) is 5.70. The summed E-state index contributed by atoms with van der Waals surface area (Å²) < 4.78 is 13.4. The minimum absolute atomic E-state index is 0.223. The summed E-state index contributed by atoms with van der Waals surface area (Å²) in [4.78, 5) is 12.7. The zero-order chi connectivity index (χ0) is 23.5. The van der Waals surface area contributed by atoms with Gasteiger partial charge in [-0.05, 0) is 59.5 Å². The maximum atomic E-state index is 12.7. The van der Waals surface area contributed by atoms with Gasteiger partial charge in [0.2, 0.25) is 0 Å². The lowest BCUT2D eigenvalue weighted by Gasteiger charge is -2.08. The van der Waals surface area contributed by atoms with Crippen molar-refractivity contribution < 1.29 is 13.9 Å². The number of carbonyl (C=O) groups is 1. The summed E-state index contributed by atoms with van der Waals surface area (Å²) in [5.41, 5.74) is 3.95. The van der Waals surface area contributed by atoms with Crippen LogP contribution in [0.2, 0.25) is 0 Å². The molecule has 5 aromatic rings. The quantitative estimate of drug-likeness (QED) is 0.323. The normalized spacial score (nSPS) is 11.0. The smallest absolute Gasteiger partial charge is 0.291 e. The Balaban J connectivity index is 1.22. The van der Waals surface area contributed by atoms with E-state index in [0.29, 0.717) is 18.0 Å². The number of carbonyl (C=O) groups excluding carboxylic acids is 1. The molecule has 0 aliphatic heterocycles. The van der Waals surface area contributed by atoms with Gasteiger partial charge in [0.25, 0.3) is 5.91 Å². The second-order valence-electron chi connectivity index (χ2n) is 8.34. The fraction of sp³-hybridized carbons (Fsp3) is 0.143. The number of furan rings is 1. The van der Waals surface area contributed by atoms with Crippen LogP contribution < -0.4 is 10.1 Å². The Kier molecular flexibility index (Phi) is 5.87. The van der Waals surface area contributed by atoms with E-state index >= 15 is 0 Å². The highest BCUT2D eigenvalue weighted by molar-refractivity contribution is 6.02. The molecule has 0 unspecified atom stereocenters. The number of nitrogens with zero attached hydrogens (tertiary/aromatic N) is 2. The average molecular weight is 452 g/mol. The van der Waals surface area contributed by atoms with Crippen LogP contribution in [0.15, 0.2) is 89.6 Å². The highest BCUT2D eigenvalue weighted by Gasteiger charge is 2.14. The monoisotopic (exact) mass is 451 g/mol. The zero-order valence-corrected chi connectivity index (χ0v) is 19.1. The number of aromatic nitrogens is 2. The number of nitrogens with one attached hydrogen (secondary N) is 1. The zero-order valence-electron chi connectivity index (χ0n) is 19.1. The predicted molar refractivity (Wildman–Crippen MR) is 132 cm³/mol. The van der Waals surface area contributed by atoms with Gasteiger partial charge in [-0.3, -0.25) is 9.48 Å². The molecule has 34 heavy (non-hydrogen) atoms. The van der Waals surface area contributed by atoms with Gasteiger partial charge in [0.1, 0.15) is 18.1 Å². The van der Waals surface area contributed by atoms with Crippen molar-refractivity contribution in [3.05, 3.63) is 113 Å².